The van der Waals surface area contributed by atoms with Crippen molar-refractivity contribution in [2.75, 3.05) is 5.32 Å². The predicted octanol–water partition coefficient (Wildman–Crippen LogP) is 3.03. The van der Waals surface area contributed by atoms with Crippen LogP contribution in [0, 0.1) is 13.7 Å². The normalized spacial score (nSPS) is 10.4. The summed E-state index contributed by atoms with van der Waals surface area (Å²) >= 11 is 2.13. The summed E-state index contributed by atoms with van der Waals surface area (Å²) in [5.74, 6) is -0.426. The van der Waals surface area contributed by atoms with Gasteiger partial charge in [0.1, 0.15) is 18.3 Å². The highest BCUT2D eigenvalue weighted by molar-refractivity contribution is 14.1. The van der Waals surface area contributed by atoms with E-state index in [1.165, 1.54) is 35.5 Å². The van der Waals surface area contributed by atoms with Gasteiger partial charge in [-0.1, -0.05) is 6.07 Å². The van der Waals surface area contributed by atoms with E-state index in [0.717, 1.165) is 3.57 Å². The number of benzene rings is 2. The van der Waals surface area contributed by atoms with E-state index in [-0.39, 0.29) is 16.9 Å². The Labute approximate surface area is 149 Å². The van der Waals surface area contributed by atoms with Gasteiger partial charge in [0.2, 0.25) is 0 Å². The molecular weight excluding hydrogens is 425 g/mol. The van der Waals surface area contributed by atoms with Crippen LogP contribution in [0.25, 0.3) is 5.69 Å². The van der Waals surface area contributed by atoms with Gasteiger partial charge in [-0.3, -0.25) is 14.9 Å². The number of nitrogens with zero attached hydrogens (tertiary/aromatic N) is 4. The Bertz CT molecular complexity index is 911. The fraction of sp³-hybridized carbons (Fsp3) is 0. The van der Waals surface area contributed by atoms with Gasteiger partial charge in [0.15, 0.2) is 0 Å². The number of nitrogens with one attached hydrogen (secondary N) is 1. The van der Waals surface area contributed by atoms with Gasteiger partial charge < -0.3 is 5.32 Å². The Morgan fingerprint density at radius 1 is 1.25 bits per heavy atom. The number of hydrogen-bond donors (Lipinski definition) is 1. The summed E-state index contributed by atoms with van der Waals surface area (Å²) in [6, 6.07) is 11.5. The number of hydrogen-bond acceptors (Lipinski definition) is 5. The van der Waals surface area contributed by atoms with Crippen LogP contribution in [0.3, 0.4) is 0 Å². The van der Waals surface area contributed by atoms with Crippen molar-refractivity contribution >= 4 is 39.9 Å². The summed E-state index contributed by atoms with van der Waals surface area (Å²) in [5.41, 5.74) is 0.818. The van der Waals surface area contributed by atoms with Crippen LogP contribution in [0.5, 0.6) is 0 Å². The molecule has 0 saturated heterocycles. The summed E-state index contributed by atoms with van der Waals surface area (Å²) in [4.78, 5) is 26.8. The summed E-state index contributed by atoms with van der Waals surface area (Å²) in [6.07, 6.45) is 2.63. The monoisotopic (exact) mass is 435 g/mol. The van der Waals surface area contributed by atoms with Crippen LogP contribution in [0.15, 0.2) is 55.1 Å². The zero-order valence-corrected chi connectivity index (χ0v) is 14.2. The van der Waals surface area contributed by atoms with E-state index in [9.17, 15) is 14.9 Å². The molecule has 8 nitrogen and oxygen atoms in total. The molecule has 3 rings (SSSR count). The van der Waals surface area contributed by atoms with Crippen LogP contribution < -0.4 is 5.32 Å². The molecule has 0 fully saturated rings. The van der Waals surface area contributed by atoms with Gasteiger partial charge in [-0.15, -0.1) is 0 Å². The lowest BCUT2D eigenvalue weighted by Gasteiger charge is -2.07. The quantitative estimate of drug-likeness (QED) is 0.386. The molecule has 0 saturated carbocycles. The third-order valence-electron chi connectivity index (χ3n) is 3.18. The van der Waals surface area contributed by atoms with Gasteiger partial charge in [-0.25, -0.2) is 9.67 Å². The molecule has 1 amide bonds. The molecule has 0 unspecified atom stereocenters. The van der Waals surface area contributed by atoms with Gasteiger partial charge in [0.05, 0.1) is 4.92 Å². The van der Waals surface area contributed by atoms with Crippen LogP contribution in [0.4, 0.5) is 11.4 Å². The van der Waals surface area contributed by atoms with Crippen LogP contribution in [-0.2, 0) is 0 Å². The lowest BCUT2D eigenvalue weighted by molar-refractivity contribution is -0.384. The third kappa shape index (κ3) is 3.40. The Morgan fingerprint density at radius 3 is 2.75 bits per heavy atom. The van der Waals surface area contributed by atoms with Crippen LogP contribution in [0.1, 0.15) is 10.4 Å². The van der Waals surface area contributed by atoms with Gasteiger partial charge in [-0.05, 0) is 52.9 Å². The minimum atomic E-state index is -0.556. The second-order valence-corrected chi connectivity index (χ2v) is 6.01. The molecule has 120 valence electrons. The molecule has 24 heavy (non-hydrogen) atoms. The number of anilines is 1. The van der Waals surface area contributed by atoms with E-state index in [0.29, 0.717) is 5.69 Å². The Morgan fingerprint density at radius 2 is 2.08 bits per heavy atom. The lowest BCUT2D eigenvalue weighted by atomic mass is 10.1. The number of amides is 1. The first-order valence-corrected chi connectivity index (χ1v) is 7.83. The van der Waals surface area contributed by atoms with Crippen molar-refractivity contribution in [2.24, 2.45) is 0 Å². The second-order valence-electron chi connectivity index (χ2n) is 4.77. The molecule has 0 bridgehead atoms. The van der Waals surface area contributed by atoms with Crippen molar-refractivity contribution in [1.29, 1.82) is 0 Å². The molecule has 0 aliphatic heterocycles. The summed E-state index contributed by atoms with van der Waals surface area (Å²) in [7, 11) is 0. The zero-order chi connectivity index (χ0) is 17.1. The number of halogens is 1. The topological polar surface area (TPSA) is 103 Å². The maximum atomic E-state index is 12.3. The minimum absolute atomic E-state index is 0.185. The van der Waals surface area contributed by atoms with Crippen LogP contribution in [-0.4, -0.2) is 25.6 Å². The molecule has 0 atom stereocenters. The van der Waals surface area contributed by atoms with E-state index in [1.807, 2.05) is 12.1 Å². The Hall–Kier alpha value is -2.82. The van der Waals surface area contributed by atoms with Gasteiger partial charge >= 0.3 is 0 Å². The fourth-order valence-corrected chi connectivity index (χ4v) is 2.65. The first-order chi connectivity index (χ1) is 11.5. The van der Waals surface area contributed by atoms with Crippen molar-refractivity contribution < 1.29 is 9.72 Å². The number of carbonyl (C=O) groups is 1. The Balaban J connectivity index is 1.93. The van der Waals surface area contributed by atoms with Crippen LogP contribution >= 0.6 is 22.6 Å². The molecular formula is C15H10IN5O3. The highest BCUT2D eigenvalue weighted by Crippen LogP contribution is 2.24. The van der Waals surface area contributed by atoms with Crippen molar-refractivity contribution in [3.05, 3.63) is 74.4 Å². The van der Waals surface area contributed by atoms with Crippen molar-refractivity contribution in [2.45, 2.75) is 0 Å². The van der Waals surface area contributed by atoms with E-state index >= 15 is 0 Å². The number of nitro groups is 1. The van der Waals surface area contributed by atoms with E-state index in [4.69, 9.17) is 0 Å². The number of carbonyl (C=O) groups excluding carboxylic acids is 1. The molecule has 3 aromatic rings. The molecule has 0 spiro atoms. The maximum absolute atomic E-state index is 12.3. The summed E-state index contributed by atoms with van der Waals surface area (Å²) in [5, 5.41) is 17.9. The average molecular weight is 435 g/mol. The van der Waals surface area contributed by atoms with Crippen LogP contribution in [0.2, 0.25) is 0 Å². The number of rotatable bonds is 4. The van der Waals surface area contributed by atoms with Crippen molar-refractivity contribution in [3.63, 3.8) is 0 Å². The molecule has 1 N–H and O–H groups in total. The summed E-state index contributed by atoms with van der Waals surface area (Å²) < 4.78 is 2.25. The SMILES string of the molecule is O=C(Nc1cccc(I)c1)c1ccc(-n2cncn2)c([N+](=O)[O-])c1. The van der Waals surface area contributed by atoms with E-state index < -0.39 is 10.8 Å². The molecule has 0 radical (unpaired) electrons. The standard InChI is InChI=1S/C15H10IN5O3/c16-11-2-1-3-12(7-11)19-15(22)10-4-5-13(14(6-10)21(23)24)20-9-17-8-18-20/h1-9H,(H,19,22). The van der Waals surface area contributed by atoms with Crippen molar-refractivity contribution in [1.82, 2.24) is 14.8 Å². The molecule has 9 heteroatoms. The molecule has 1 aromatic heterocycles. The van der Waals surface area contributed by atoms with Gasteiger partial charge in [0, 0.05) is 20.9 Å². The highest BCUT2D eigenvalue weighted by Gasteiger charge is 2.19. The van der Waals surface area contributed by atoms with E-state index in [1.54, 1.807) is 12.1 Å². The molecule has 0 aliphatic carbocycles. The number of nitro benzene ring substituents is 1. The predicted molar refractivity (Wildman–Crippen MR) is 95.1 cm³/mol. The molecule has 0 aliphatic rings. The zero-order valence-electron chi connectivity index (χ0n) is 12.1. The maximum Gasteiger partial charge on any atom is 0.295 e. The lowest BCUT2D eigenvalue weighted by Crippen LogP contribution is -2.13. The van der Waals surface area contributed by atoms with Crippen molar-refractivity contribution in [3.8, 4) is 5.69 Å². The fourth-order valence-electron chi connectivity index (χ4n) is 2.11. The smallest absolute Gasteiger partial charge is 0.295 e. The first kappa shape index (κ1) is 16.1. The molecule has 2 aromatic carbocycles. The average Bonchev–Trinajstić information content (AvgIpc) is 3.08. The summed E-state index contributed by atoms with van der Waals surface area (Å²) in [6.45, 7) is 0. The van der Waals surface area contributed by atoms with Gasteiger partial charge in [-0.2, -0.15) is 5.10 Å². The van der Waals surface area contributed by atoms with Gasteiger partial charge in [0.25, 0.3) is 11.6 Å². The third-order valence-corrected chi connectivity index (χ3v) is 3.85. The molecule has 1 heterocycles. The minimum Gasteiger partial charge on any atom is -0.322 e. The number of aromatic nitrogens is 3. The second kappa shape index (κ2) is 6.74. The first-order valence-electron chi connectivity index (χ1n) is 6.75. The Kier molecular flexibility index (Phi) is 4.51. The largest absolute Gasteiger partial charge is 0.322 e. The highest BCUT2D eigenvalue weighted by atomic mass is 127. The van der Waals surface area contributed by atoms with E-state index in [2.05, 4.69) is 38.0 Å².